The summed E-state index contributed by atoms with van der Waals surface area (Å²) >= 11 is 6.36. The Morgan fingerprint density at radius 1 is 0.943 bits per heavy atom. The molecule has 0 aromatic heterocycles. The van der Waals surface area contributed by atoms with E-state index in [1.54, 1.807) is 0 Å². The second-order valence-electron chi connectivity index (χ2n) is 8.88. The molecule has 0 unspecified atom stereocenters. The van der Waals surface area contributed by atoms with Gasteiger partial charge < -0.3 is 14.2 Å². The van der Waals surface area contributed by atoms with Gasteiger partial charge in [-0.1, -0.05) is 31.4 Å². The molecule has 2 atom stereocenters. The zero-order valence-electron chi connectivity index (χ0n) is 20.2. The fourth-order valence-electron chi connectivity index (χ4n) is 4.63. The van der Waals surface area contributed by atoms with Crippen LogP contribution in [0.15, 0.2) is 71.8 Å². The van der Waals surface area contributed by atoms with Crippen molar-refractivity contribution in [2.24, 2.45) is 5.10 Å². The molecule has 35 heavy (non-hydrogen) atoms. The second-order valence-corrected chi connectivity index (χ2v) is 9.32. The van der Waals surface area contributed by atoms with Gasteiger partial charge in [-0.25, -0.2) is 5.01 Å². The first-order valence-electron chi connectivity index (χ1n) is 12.4. The van der Waals surface area contributed by atoms with Crippen molar-refractivity contribution in [2.75, 3.05) is 13.2 Å². The summed E-state index contributed by atoms with van der Waals surface area (Å²) in [5, 5.41) is 7.81. The van der Waals surface area contributed by atoms with Gasteiger partial charge in [0, 0.05) is 22.6 Å². The highest BCUT2D eigenvalue weighted by Crippen LogP contribution is 2.48. The maximum Gasteiger partial charge on any atom is 0.213 e. The van der Waals surface area contributed by atoms with E-state index in [1.807, 2.05) is 49.4 Å². The Kier molecular flexibility index (Phi) is 7.14. The van der Waals surface area contributed by atoms with Crippen LogP contribution in [0.2, 0.25) is 5.02 Å². The molecule has 2 aliphatic heterocycles. The van der Waals surface area contributed by atoms with Crippen molar-refractivity contribution in [1.82, 2.24) is 5.01 Å². The van der Waals surface area contributed by atoms with Gasteiger partial charge in [0.2, 0.25) is 6.23 Å². The minimum absolute atomic E-state index is 0.0500. The van der Waals surface area contributed by atoms with Crippen LogP contribution in [0.4, 0.5) is 0 Å². The van der Waals surface area contributed by atoms with E-state index in [2.05, 4.69) is 36.2 Å². The number of ether oxygens (including phenoxy) is 3. The average molecular weight is 491 g/mol. The van der Waals surface area contributed by atoms with Crippen LogP contribution in [0.1, 0.15) is 68.5 Å². The molecular weight excluding hydrogens is 460 g/mol. The fraction of sp³-hybridized carbons (Fsp3) is 0.345. The number of hydrogen-bond donors (Lipinski definition) is 0. The molecular formula is C29H31ClN2O3. The summed E-state index contributed by atoms with van der Waals surface area (Å²) in [5.74, 6) is 2.59. The first-order valence-corrected chi connectivity index (χ1v) is 12.8. The van der Waals surface area contributed by atoms with Gasteiger partial charge in [-0.3, -0.25) is 0 Å². The van der Waals surface area contributed by atoms with Gasteiger partial charge in [0.25, 0.3) is 0 Å². The molecule has 0 radical (unpaired) electrons. The zero-order valence-corrected chi connectivity index (χ0v) is 21.0. The summed E-state index contributed by atoms with van der Waals surface area (Å²) in [4.78, 5) is 0. The molecule has 182 valence electrons. The Balaban J connectivity index is 1.42. The molecule has 2 heterocycles. The summed E-state index contributed by atoms with van der Waals surface area (Å²) in [6, 6.07) is 22.2. The van der Waals surface area contributed by atoms with Crippen molar-refractivity contribution in [2.45, 2.75) is 51.8 Å². The SMILES string of the molecule is CCCCCOc1ccc([C@@H]2Oc3ccc(Cl)cc3[C@H]3CC(c4ccc(OCC)cc4)=NN32)cc1. The predicted molar refractivity (Wildman–Crippen MR) is 140 cm³/mol. The van der Waals surface area contributed by atoms with Crippen LogP contribution in [0.5, 0.6) is 17.2 Å². The Labute approximate surface area is 212 Å². The third-order valence-electron chi connectivity index (χ3n) is 6.43. The number of nitrogens with zero attached hydrogens (tertiary/aromatic N) is 2. The monoisotopic (exact) mass is 490 g/mol. The molecule has 3 aromatic rings. The van der Waals surface area contributed by atoms with Crippen LogP contribution >= 0.6 is 11.6 Å². The van der Waals surface area contributed by atoms with Gasteiger partial charge in [0.05, 0.1) is 25.0 Å². The van der Waals surface area contributed by atoms with Crippen LogP contribution in [0.3, 0.4) is 0 Å². The van der Waals surface area contributed by atoms with Crippen LogP contribution in [-0.4, -0.2) is 23.9 Å². The standard InChI is InChI=1S/C29H31ClN2O3/c1-3-5-6-17-34-24-14-9-21(10-15-24)29-32-27(25-18-22(30)11-16-28(25)35-29)19-26(31-32)20-7-12-23(13-8-20)33-4-2/h7-16,18,27,29H,3-6,17,19H2,1-2H3/t27-,29+/m1/s1. The lowest BCUT2D eigenvalue weighted by Gasteiger charge is -2.38. The van der Waals surface area contributed by atoms with Crippen LogP contribution in [0, 0.1) is 0 Å². The minimum Gasteiger partial charge on any atom is -0.494 e. The molecule has 0 fully saturated rings. The van der Waals surface area contributed by atoms with E-state index in [-0.39, 0.29) is 12.3 Å². The third-order valence-corrected chi connectivity index (χ3v) is 6.67. The summed E-state index contributed by atoms with van der Waals surface area (Å²) in [5.41, 5.74) is 4.21. The van der Waals surface area contributed by atoms with E-state index in [9.17, 15) is 0 Å². The average Bonchev–Trinajstić information content (AvgIpc) is 3.33. The third kappa shape index (κ3) is 5.10. The molecule has 5 rings (SSSR count). The van der Waals surface area contributed by atoms with Crippen molar-refractivity contribution < 1.29 is 14.2 Å². The Morgan fingerprint density at radius 3 is 2.43 bits per heavy atom. The number of benzene rings is 3. The Bertz CT molecular complexity index is 1180. The molecule has 5 nitrogen and oxygen atoms in total. The molecule has 0 N–H and O–H groups in total. The highest BCUT2D eigenvalue weighted by atomic mass is 35.5. The van der Waals surface area contributed by atoms with Crippen molar-refractivity contribution in [3.63, 3.8) is 0 Å². The topological polar surface area (TPSA) is 43.3 Å². The zero-order chi connectivity index (χ0) is 24.2. The minimum atomic E-state index is -0.331. The van der Waals surface area contributed by atoms with Gasteiger partial charge >= 0.3 is 0 Å². The second kappa shape index (κ2) is 10.6. The van der Waals surface area contributed by atoms with Crippen LogP contribution < -0.4 is 14.2 Å². The van der Waals surface area contributed by atoms with Gasteiger partial charge in [-0.2, -0.15) is 5.10 Å². The number of hydrazone groups is 1. The maximum absolute atomic E-state index is 6.47. The number of hydrogen-bond acceptors (Lipinski definition) is 5. The lowest BCUT2D eigenvalue weighted by Crippen LogP contribution is -2.33. The molecule has 0 saturated heterocycles. The molecule has 0 aliphatic carbocycles. The van der Waals surface area contributed by atoms with E-state index in [4.69, 9.17) is 30.9 Å². The Morgan fingerprint density at radius 2 is 1.69 bits per heavy atom. The lowest BCUT2D eigenvalue weighted by molar-refractivity contribution is -0.0190. The van der Waals surface area contributed by atoms with Gasteiger partial charge in [0.15, 0.2) is 0 Å². The molecule has 0 amide bonds. The highest BCUT2D eigenvalue weighted by Gasteiger charge is 2.41. The number of rotatable bonds is 9. The number of halogens is 1. The van der Waals surface area contributed by atoms with E-state index >= 15 is 0 Å². The summed E-state index contributed by atoms with van der Waals surface area (Å²) in [7, 11) is 0. The van der Waals surface area contributed by atoms with Crippen molar-refractivity contribution in [3.05, 3.63) is 88.4 Å². The first-order chi connectivity index (χ1) is 17.2. The van der Waals surface area contributed by atoms with Gasteiger partial charge in [0.1, 0.15) is 17.2 Å². The quantitative estimate of drug-likeness (QED) is 0.290. The summed E-state index contributed by atoms with van der Waals surface area (Å²) < 4.78 is 18.0. The normalized spacial score (nSPS) is 18.4. The number of fused-ring (bicyclic) bond motifs is 3. The van der Waals surface area contributed by atoms with Crippen molar-refractivity contribution in [1.29, 1.82) is 0 Å². The van der Waals surface area contributed by atoms with E-state index < -0.39 is 0 Å². The van der Waals surface area contributed by atoms with Gasteiger partial charge in [-0.15, -0.1) is 0 Å². The molecule has 2 aliphatic rings. The molecule has 0 saturated carbocycles. The summed E-state index contributed by atoms with van der Waals surface area (Å²) in [6.07, 6.45) is 3.89. The van der Waals surface area contributed by atoms with E-state index in [0.29, 0.717) is 11.6 Å². The molecule has 6 heteroatoms. The smallest absolute Gasteiger partial charge is 0.213 e. The molecule has 3 aromatic carbocycles. The fourth-order valence-corrected chi connectivity index (χ4v) is 4.81. The Hall–Kier alpha value is -3.18. The number of unbranched alkanes of at least 4 members (excludes halogenated alkanes) is 2. The van der Waals surface area contributed by atoms with Crippen molar-refractivity contribution in [3.8, 4) is 17.2 Å². The molecule has 0 bridgehead atoms. The highest BCUT2D eigenvalue weighted by molar-refractivity contribution is 6.30. The maximum atomic E-state index is 6.47. The van der Waals surface area contributed by atoms with Crippen LogP contribution in [-0.2, 0) is 0 Å². The van der Waals surface area contributed by atoms with E-state index in [1.165, 1.54) is 12.8 Å². The molecule has 0 spiro atoms. The predicted octanol–water partition coefficient (Wildman–Crippen LogP) is 7.55. The largest absolute Gasteiger partial charge is 0.494 e. The first kappa shape index (κ1) is 23.6. The lowest BCUT2D eigenvalue weighted by atomic mass is 9.96. The van der Waals surface area contributed by atoms with Crippen molar-refractivity contribution >= 4 is 17.3 Å². The van der Waals surface area contributed by atoms with Crippen LogP contribution in [0.25, 0.3) is 0 Å². The summed E-state index contributed by atoms with van der Waals surface area (Å²) in [6.45, 7) is 5.57. The van der Waals surface area contributed by atoms with E-state index in [0.717, 1.165) is 59.1 Å². The van der Waals surface area contributed by atoms with Gasteiger partial charge in [-0.05, 0) is 85.6 Å².